The first-order chi connectivity index (χ1) is 11.6. The molecule has 126 valence electrons. The van der Waals surface area contributed by atoms with E-state index in [0.29, 0.717) is 13.1 Å². The lowest BCUT2D eigenvalue weighted by Crippen LogP contribution is -2.26. The lowest BCUT2D eigenvalue weighted by atomic mass is 10.2. The molecule has 0 spiro atoms. The Hall–Kier alpha value is -2.97. The molecule has 1 aliphatic heterocycles. The van der Waals surface area contributed by atoms with E-state index < -0.39 is 10.9 Å². The summed E-state index contributed by atoms with van der Waals surface area (Å²) in [5.74, 6) is -0.929. The topological polar surface area (TPSA) is 114 Å². The second-order valence-corrected chi connectivity index (χ2v) is 5.61. The molecule has 1 fully saturated rings. The van der Waals surface area contributed by atoms with Gasteiger partial charge in [-0.05, 0) is 18.9 Å². The summed E-state index contributed by atoms with van der Waals surface area (Å²) < 4.78 is 0. The Bertz CT molecular complexity index is 765. The van der Waals surface area contributed by atoms with Crippen LogP contribution in [-0.4, -0.2) is 44.1 Å². The molecule has 0 radical (unpaired) electrons. The fourth-order valence-corrected chi connectivity index (χ4v) is 2.83. The Kier molecular flexibility index (Phi) is 4.41. The Morgan fingerprint density at radius 2 is 1.79 bits per heavy atom. The quantitative estimate of drug-likeness (QED) is 0.675. The van der Waals surface area contributed by atoms with Crippen LogP contribution >= 0.6 is 0 Å². The number of carboxylic acids is 1. The van der Waals surface area contributed by atoms with E-state index in [0.717, 1.165) is 30.5 Å². The largest absolute Gasteiger partial charge is 0.476 e. The third-order valence-corrected chi connectivity index (χ3v) is 4.00. The molecule has 1 aliphatic rings. The van der Waals surface area contributed by atoms with Gasteiger partial charge in [-0.15, -0.1) is 15.0 Å². The van der Waals surface area contributed by atoms with Gasteiger partial charge in [-0.2, -0.15) is 0 Å². The van der Waals surface area contributed by atoms with Crippen molar-refractivity contribution >= 4 is 17.5 Å². The molecule has 9 heteroatoms. The molecule has 24 heavy (non-hydrogen) atoms. The average Bonchev–Trinajstić information content (AvgIpc) is 2.84. The Balaban J connectivity index is 2.06. The number of rotatable bonds is 4. The molecule has 0 unspecified atom stereocenters. The Morgan fingerprint density at radius 3 is 2.42 bits per heavy atom. The molecule has 2 heterocycles. The van der Waals surface area contributed by atoms with Gasteiger partial charge in [0, 0.05) is 19.2 Å². The normalized spacial score (nSPS) is 15.1. The summed E-state index contributed by atoms with van der Waals surface area (Å²) in [5.41, 5.74) is -0.215. The third kappa shape index (κ3) is 3.05. The number of hydrogen-bond acceptors (Lipinski definition) is 6. The summed E-state index contributed by atoms with van der Waals surface area (Å²) in [6, 6.07) is 6.00. The van der Waals surface area contributed by atoms with E-state index >= 15 is 0 Å². The summed E-state index contributed by atoms with van der Waals surface area (Å²) in [6.45, 7) is 1.41. The number of nitro benzene ring substituents is 1. The maximum atomic E-state index is 11.5. The summed E-state index contributed by atoms with van der Waals surface area (Å²) in [4.78, 5) is 25.1. The first-order valence-corrected chi connectivity index (χ1v) is 7.77. The lowest BCUT2D eigenvalue weighted by Gasteiger charge is -2.19. The lowest BCUT2D eigenvalue weighted by molar-refractivity contribution is -0.384. The summed E-state index contributed by atoms with van der Waals surface area (Å²) >= 11 is 0. The summed E-state index contributed by atoms with van der Waals surface area (Å²) in [7, 11) is 0. The fraction of sp³-hybridized carbons (Fsp3) is 0.400. The number of carboxylic acid groups (broad SMARTS) is 1. The molecule has 1 aromatic carbocycles. The van der Waals surface area contributed by atoms with Gasteiger partial charge in [-0.1, -0.05) is 25.0 Å². The van der Waals surface area contributed by atoms with Crippen LogP contribution in [0.25, 0.3) is 5.69 Å². The van der Waals surface area contributed by atoms with Gasteiger partial charge in [-0.3, -0.25) is 10.1 Å². The highest BCUT2D eigenvalue weighted by molar-refractivity contribution is 5.91. The predicted molar refractivity (Wildman–Crippen MR) is 85.7 cm³/mol. The standard InChI is InChI=1S/C15H17N5O4/c21-15(22)13-14(18-9-5-1-2-6-10-18)17-19(16-13)11-7-3-4-8-12(11)20(23)24/h3-4,7-8H,1-2,5-6,9-10H2,(H,21,22). The number of para-hydroxylation sites is 2. The minimum Gasteiger partial charge on any atom is -0.476 e. The van der Waals surface area contributed by atoms with E-state index in [4.69, 9.17) is 0 Å². The Morgan fingerprint density at radius 1 is 1.12 bits per heavy atom. The number of hydrogen-bond donors (Lipinski definition) is 1. The van der Waals surface area contributed by atoms with Crippen LogP contribution in [0, 0.1) is 10.1 Å². The van der Waals surface area contributed by atoms with Gasteiger partial charge in [-0.25, -0.2) is 4.79 Å². The van der Waals surface area contributed by atoms with E-state index in [1.165, 1.54) is 12.1 Å². The maximum absolute atomic E-state index is 11.5. The van der Waals surface area contributed by atoms with Crippen LogP contribution in [0.2, 0.25) is 0 Å². The molecule has 1 N–H and O–H groups in total. The molecule has 1 saturated heterocycles. The van der Waals surface area contributed by atoms with Crippen molar-refractivity contribution in [2.24, 2.45) is 0 Å². The van der Waals surface area contributed by atoms with Crippen molar-refractivity contribution in [3.05, 3.63) is 40.1 Å². The molecule has 0 aliphatic carbocycles. The van der Waals surface area contributed by atoms with Crippen molar-refractivity contribution < 1.29 is 14.8 Å². The van der Waals surface area contributed by atoms with Gasteiger partial charge in [0.1, 0.15) is 0 Å². The van der Waals surface area contributed by atoms with Crippen molar-refractivity contribution in [3.63, 3.8) is 0 Å². The highest BCUT2D eigenvalue weighted by atomic mass is 16.6. The number of aromatic carboxylic acids is 1. The van der Waals surface area contributed by atoms with Crippen LogP contribution < -0.4 is 4.90 Å². The van der Waals surface area contributed by atoms with Gasteiger partial charge >= 0.3 is 5.97 Å². The monoisotopic (exact) mass is 331 g/mol. The van der Waals surface area contributed by atoms with Gasteiger partial charge in [0.05, 0.1) is 4.92 Å². The molecular weight excluding hydrogens is 314 g/mol. The van der Waals surface area contributed by atoms with Crippen LogP contribution in [-0.2, 0) is 0 Å². The molecule has 2 aromatic rings. The van der Waals surface area contributed by atoms with Gasteiger partial charge in [0.2, 0.25) is 5.69 Å². The number of nitrogens with zero attached hydrogens (tertiary/aromatic N) is 5. The van der Waals surface area contributed by atoms with Crippen molar-refractivity contribution in [3.8, 4) is 5.69 Å². The fourth-order valence-electron chi connectivity index (χ4n) is 2.83. The number of nitro groups is 1. The van der Waals surface area contributed by atoms with E-state index in [-0.39, 0.29) is 22.9 Å². The number of carbonyl (C=O) groups is 1. The second kappa shape index (κ2) is 6.65. The minimum absolute atomic E-state index is 0.145. The first kappa shape index (κ1) is 15.9. The minimum atomic E-state index is -1.20. The molecule has 3 rings (SSSR count). The molecule has 0 bridgehead atoms. The van der Waals surface area contributed by atoms with Gasteiger partial charge in [0.25, 0.3) is 5.69 Å². The second-order valence-electron chi connectivity index (χ2n) is 5.61. The van der Waals surface area contributed by atoms with Gasteiger partial charge in [0.15, 0.2) is 11.5 Å². The average molecular weight is 331 g/mol. The zero-order valence-electron chi connectivity index (χ0n) is 13.0. The smallest absolute Gasteiger partial charge is 0.360 e. The van der Waals surface area contributed by atoms with Crippen molar-refractivity contribution in [1.82, 2.24) is 15.0 Å². The van der Waals surface area contributed by atoms with Crippen molar-refractivity contribution in [2.75, 3.05) is 18.0 Å². The Labute approximate surface area is 137 Å². The molecular formula is C15H17N5O4. The SMILES string of the molecule is O=C(O)c1nn(-c2ccccc2[N+](=O)[O-])nc1N1CCCCCC1. The molecule has 1 aromatic heterocycles. The summed E-state index contributed by atoms with van der Waals surface area (Å²) in [6.07, 6.45) is 4.10. The third-order valence-electron chi connectivity index (χ3n) is 4.00. The first-order valence-electron chi connectivity index (χ1n) is 7.77. The van der Waals surface area contributed by atoms with E-state index in [2.05, 4.69) is 10.2 Å². The molecule has 9 nitrogen and oxygen atoms in total. The molecule has 0 amide bonds. The predicted octanol–water partition coefficient (Wildman–Crippen LogP) is 2.25. The highest BCUT2D eigenvalue weighted by Gasteiger charge is 2.26. The van der Waals surface area contributed by atoms with Crippen LogP contribution in [0.3, 0.4) is 0 Å². The highest BCUT2D eigenvalue weighted by Crippen LogP contribution is 2.25. The van der Waals surface area contributed by atoms with E-state index in [1.54, 1.807) is 12.1 Å². The van der Waals surface area contributed by atoms with Crippen molar-refractivity contribution in [2.45, 2.75) is 25.7 Å². The number of anilines is 1. The number of aromatic nitrogens is 3. The van der Waals surface area contributed by atoms with E-state index in [9.17, 15) is 20.0 Å². The zero-order chi connectivity index (χ0) is 17.1. The van der Waals surface area contributed by atoms with Crippen LogP contribution in [0.4, 0.5) is 11.5 Å². The summed E-state index contributed by atoms with van der Waals surface area (Å²) in [5, 5.41) is 28.9. The molecule has 0 saturated carbocycles. The van der Waals surface area contributed by atoms with Crippen LogP contribution in [0.1, 0.15) is 36.2 Å². The van der Waals surface area contributed by atoms with E-state index in [1.807, 2.05) is 4.90 Å². The zero-order valence-corrected chi connectivity index (χ0v) is 13.0. The van der Waals surface area contributed by atoms with Crippen LogP contribution in [0.5, 0.6) is 0 Å². The van der Waals surface area contributed by atoms with Gasteiger partial charge < -0.3 is 10.0 Å². The van der Waals surface area contributed by atoms with Crippen LogP contribution in [0.15, 0.2) is 24.3 Å². The molecule has 0 atom stereocenters. The van der Waals surface area contributed by atoms with Crippen molar-refractivity contribution in [1.29, 1.82) is 0 Å². The maximum Gasteiger partial charge on any atom is 0.360 e. The number of benzene rings is 1.